The molecule has 7 nitrogen and oxygen atoms in total. The number of nitrogens with zero attached hydrogens (tertiary/aromatic N) is 1. The van der Waals surface area contributed by atoms with Gasteiger partial charge in [-0.2, -0.15) is 0 Å². The van der Waals surface area contributed by atoms with Crippen molar-refractivity contribution < 1.29 is 14.2 Å². The van der Waals surface area contributed by atoms with Crippen LogP contribution in [0.25, 0.3) is 0 Å². The van der Waals surface area contributed by atoms with Crippen LogP contribution < -0.4 is 25.1 Å². The first-order valence-corrected chi connectivity index (χ1v) is 9.32. The molecule has 0 radical (unpaired) electrons. The fraction of sp³-hybridized carbons (Fsp3) is 0.474. The van der Waals surface area contributed by atoms with Crippen LogP contribution in [0.4, 0.5) is 5.69 Å². The summed E-state index contributed by atoms with van der Waals surface area (Å²) in [6.07, 6.45) is 1.91. The van der Waals surface area contributed by atoms with Gasteiger partial charge in [-0.1, -0.05) is 31.0 Å². The van der Waals surface area contributed by atoms with Crippen LogP contribution in [0.5, 0.6) is 17.4 Å². The Labute approximate surface area is 164 Å². The number of aromatic nitrogens is 2. The van der Waals surface area contributed by atoms with E-state index in [0.29, 0.717) is 30.3 Å². The van der Waals surface area contributed by atoms with Crippen LogP contribution >= 0.6 is 11.6 Å². The SMILES string of the molecule is CCCCOc1cc(CNc2c(OC(C)C)n[nH]c(=O)c2Cl)ccc1OC. The Bertz CT molecular complexity index is 808. The monoisotopic (exact) mass is 395 g/mol. The zero-order valence-electron chi connectivity index (χ0n) is 16.1. The Kier molecular flexibility index (Phi) is 7.79. The standard InChI is InChI=1S/C19H26ClN3O4/c1-5-6-9-26-15-10-13(7-8-14(15)25-4)11-21-17-16(20)18(24)22-23-19(17)27-12(2)3/h7-8,10,12H,5-6,9,11H2,1-4H3,(H2,21,22,24). The molecule has 2 rings (SSSR count). The summed E-state index contributed by atoms with van der Waals surface area (Å²) in [5.41, 5.74) is 0.820. The maximum absolute atomic E-state index is 11.8. The van der Waals surface area contributed by atoms with Crippen molar-refractivity contribution in [2.24, 2.45) is 0 Å². The zero-order chi connectivity index (χ0) is 19.8. The van der Waals surface area contributed by atoms with Crippen LogP contribution in [-0.4, -0.2) is 30.0 Å². The fourth-order valence-corrected chi connectivity index (χ4v) is 2.53. The van der Waals surface area contributed by atoms with Gasteiger partial charge in [-0.05, 0) is 38.0 Å². The summed E-state index contributed by atoms with van der Waals surface area (Å²) in [6.45, 7) is 6.88. The fourth-order valence-electron chi connectivity index (χ4n) is 2.34. The number of benzene rings is 1. The molecule has 0 fully saturated rings. The average Bonchev–Trinajstić information content (AvgIpc) is 2.64. The summed E-state index contributed by atoms with van der Waals surface area (Å²) in [4.78, 5) is 11.8. The minimum Gasteiger partial charge on any atom is -0.493 e. The van der Waals surface area contributed by atoms with Crippen molar-refractivity contribution in [2.75, 3.05) is 19.0 Å². The molecule has 0 bridgehead atoms. The van der Waals surface area contributed by atoms with Gasteiger partial charge < -0.3 is 19.5 Å². The molecule has 0 saturated heterocycles. The maximum Gasteiger partial charge on any atom is 0.285 e. The third-order valence-electron chi connectivity index (χ3n) is 3.69. The molecule has 0 atom stereocenters. The zero-order valence-corrected chi connectivity index (χ0v) is 16.9. The van der Waals surface area contributed by atoms with Crippen molar-refractivity contribution in [1.29, 1.82) is 0 Å². The first kappa shape index (κ1) is 20.9. The van der Waals surface area contributed by atoms with Crippen molar-refractivity contribution in [1.82, 2.24) is 10.2 Å². The van der Waals surface area contributed by atoms with Gasteiger partial charge in [0.05, 0.1) is 19.8 Å². The smallest absolute Gasteiger partial charge is 0.285 e. The number of H-pyrrole nitrogens is 1. The third kappa shape index (κ3) is 5.79. The van der Waals surface area contributed by atoms with Gasteiger partial charge in [-0.25, -0.2) is 5.10 Å². The number of ether oxygens (including phenoxy) is 3. The average molecular weight is 396 g/mol. The van der Waals surface area contributed by atoms with Crippen molar-refractivity contribution in [3.63, 3.8) is 0 Å². The van der Waals surface area contributed by atoms with E-state index in [9.17, 15) is 4.79 Å². The van der Waals surface area contributed by atoms with Gasteiger partial charge >= 0.3 is 0 Å². The molecule has 1 aromatic carbocycles. The molecule has 0 unspecified atom stereocenters. The lowest BCUT2D eigenvalue weighted by Gasteiger charge is -2.16. The van der Waals surface area contributed by atoms with E-state index >= 15 is 0 Å². The number of methoxy groups -OCH3 is 1. The highest BCUT2D eigenvalue weighted by molar-refractivity contribution is 6.33. The van der Waals surface area contributed by atoms with E-state index in [2.05, 4.69) is 22.4 Å². The molecule has 0 spiro atoms. The van der Waals surface area contributed by atoms with Gasteiger partial charge in [0.1, 0.15) is 10.7 Å². The molecular weight excluding hydrogens is 370 g/mol. The highest BCUT2D eigenvalue weighted by atomic mass is 35.5. The van der Waals surface area contributed by atoms with Crippen LogP contribution in [0.1, 0.15) is 39.2 Å². The number of hydrogen-bond acceptors (Lipinski definition) is 6. The number of anilines is 1. The van der Waals surface area contributed by atoms with E-state index in [4.69, 9.17) is 25.8 Å². The second-order valence-electron chi connectivity index (χ2n) is 6.25. The molecule has 0 amide bonds. The highest BCUT2D eigenvalue weighted by Crippen LogP contribution is 2.31. The Morgan fingerprint density at radius 1 is 1.30 bits per heavy atom. The Balaban J connectivity index is 2.20. The molecule has 8 heteroatoms. The normalized spacial score (nSPS) is 10.7. The number of nitrogens with one attached hydrogen (secondary N) is 2. The first-order valence-electron chi connectivity index (χ1n) is 8.94. The lowest BCUT2D eigenvalue weighted by Crippen LogP contribution is -2.17. The molecule has 0 aliphatic heterocycles. The predicted molar refractivity (Wildman–Crippen MR) is 106 cm³/mol. The number of halogens is 1. The molecule has 1 aromatic heterocycles. The topological polar surface area (TPSA) is 85.5 Å². The minimum atomic E-state index is -0.478. The second kappa shape index (κ2) is 10.1. The second-order valence-corrected chi connectivity index (χ2v) is 6.63. The minimum absolute atomic E-state index is 0.00795. The van der Waals surface area contributed by atoms with Crippen molar-refractivity contribution >= 4 is 17.3 Å². The van der Waals surface area contributed by atoms with Gasteiger partial charge in [0.2, 0.25) is 0 Å². The van der Waals surface area contributed by atoms with Crippen LogP contribution in [0, 0.1) is 0 Å². The molecule has 0 aliphatic rings. The summed E-state index contributed by atoms with van der Waals surface area (Å²) >= 11 is 6.14. The predicted octanol–water partition coefficient (Wildman–Crippen LogP) is 4.01. The summed E-state index contributed by atoms with van der Waals surface area (Å²) in [5, 5.41) is 9.41. The lowest BCUT2D eigenvalue weighted by atomic mass is 10.2. The van der Waals surface area contributed by atoms with Gasteiger partial charge in [-0.15, -0.1) is 5.10 Å². The van der Waals surface area contributed by atoms with E-state index in [1.165, 1.54) is 0 Å². The molecule has 0 saturated carbocycles. The number of rotatable bonds is 10. The van der Waals surface area contributed by atoms with Crippen molar-refractivity contribution in [2.45, 2.75) is 46.3 Å². The summed E-state index contributed by atoms with van der Waals surface area (Å²) in [7, 11) is 1.61. The van der Waals surface area contributed by atoms with Crippen LogP contribution in [-0.2, 0) is 6.54 Å². The first-order chi connectivity index (χ1) is 13.0. The Morgan fingerprint density at radius 2 is 2.07 bits per heavy atom. The van der Waals surface area contributed by atoms with E-state index in [-0.39, 0.29) is 17.0 Å². The van der Waals surface area contributed by atoms with E-state index in [1.807, 2.05) is 32.0 Å². The van der Waals surface area contributed by atoms with Gasteiger partial charge in [-0.3, -0.25) is 4.79 Å². The maximum atomic E-state index is 11.8. The van der Waals surface area contributed by atoms with Crippen molar-refractivity contribution in [3.05, 3.63) is 39.1 Å². The van der Waals surface area contributed by atoms with Gasteiger partial charge in [0, 0.05) is 6.54 Å². The van der Waals surface area contributed by atoms with E-state index in [0.717, 1.165) is 18.4 Å². The molecule has 2 aromatic rings. The molecule has 148 valence electrons. The van der Waals surface area contributed by atoms with E-state index < -0.39 is 5.56 Å². The summed E-state index contributed by atoms with van der Waals surface area (Å²) in [6, 6.07) is 5.66. The molecule has 0 aliphatic carbocycles. The van der Waals surface area contributed by atoms with Crippen LogP contribution in [0.3, 0.4) is 0 Å². The van der Waals surface area contributed by atoms with Crippen LogP contribution in [0.2, 0.25) is 5.02 Å². The third-order valence-corrected chi connectivity index (χ3v) is 4.05. The number of aromatic amines is 1. The number of hydrogen-bond donors (Lipinski definition) is 2. The number of unbranched alkanes of at least 4 members (excludes halogenated alkanes) is 1. The quantitative estimate of drug-likeness (QED) is 0.591. The van der Waals surface area contributed by atoms with Crippen molar-refractivity contribution in [3.8, 4) is 17.4 Å². The molecular formula is C19H26ClN3O4. The summed E-state index contributed by atoms with van der Waals surface area (Å²) < 4.78 is 16.8. The summed E-state index contributed by atoms with van der Waals surface area (Å²) in [5.74, 6) is 1.61. The van der Waals surface area contributed by atoms with E-state index in [1.54, 1.807) is 7.11 Å². The van der Waals surface area contributed by atoms with Gasteiger partial charge in [0.25, 0.3) is 11.4 Å². The highest BCUT2D eigenvalue weighted by Gasteiger charge is 2.15. The largest absolute Gasteiger partial charge is 0.493 e. The molecule has 27 heavy (non-hydrogen) atoms. The van der Waals surface area contributed by atoms with Gasteiger partial charge in [0.15, 0.2) is 11.5 Å². The molecule has 1 heterocycles. The Morgan fingerprint density at radius 3 is 2.74 bits per heavy atom. The van der Waals surface area contributed by atoms with Crippen LogP contribution in [0.15, 0.2) is 23.0 Å². The Hall–Kier alpha value is -2.41. The lowest BCUT2D eigenvalue weighted by molar-refractivity contribution is 0.231. The molecule has 2 N–H and O–H groups in total.